The molecule has 0 aromatic heterocycles. The molecule has 1 aliphatic carbocycles. The lowest BCUT2D eigenvalue weighted by atomic mass is 9.88. The Morgan fingerprint density at radius 1 is 1.35 bits per heavy atom. The van der Waals surface area contributed by atoms with E-state index >= 15 is 0 Å². The van der Waals surface area contributed by atoms with Crippen molar-refractivity contribution < 1.29 is 0 Å². The lowest BCUT2D eigenvalue weighted by molar-refractivity contribution is 0.411. The number of hydrogen-bond donors (Lipinski definition) is 2. The Morgan fingerprint density at radius 2 is 2.05 bits per heavy atom. The van der Waals surface area contributed by atoms with Gasteiger partial charge in [0.25, 0.3) is 0 Å². The molecule has 0 spiro atoms. The molecule has 2 rings (SSSR count). The zero-order chi connectivity index (χ0) is 14.6. The highest BCUT2D eigenvalue weighted by molar-refractivity contribution is 8.00. The first kappa shape index (κ1) is 15.6. The molecular formula is C16H24N2S2. The number of nitrogens with one attached hydrogen (secondary N) is 1. The van der Waals surface area contributed by atoms with Crippen LogP contribution in [0.4, 0.5) is 5.69 Å². The van der Waals surface area contributed by atoms with Gasteiger partial charge in [-0.1, -0.05) is 43.6 Å². The molecule has 110 valence electrons. The van der Waals surface area contributed by atoms with E-state index in [1.165, 1.54) is 37.7 Å². The molecule has 3 N–H and O–H groups in total. The van der Waals surface area contributed by atoms with Crippen LogP contribution in [-0.2, 0) is 0 Å². The van der Waals surface area contributed by atoms with Crippen LogP contribution in [0.25, 0.3) is 0 Å². The molecule has 0 unspecified atom stereocenters. The Hall–Kier alpha value is -0.740. The van der Waals surface area contributed by atoms with E-state index in [1.54, 1.807) is 0 Å². The quantitative estimate of drug-likeness (QED) is 0.803. The third-order valence-electron chi connectivity index (χ3n) is 4.32. The van der Waals surface area contributed by atoms with Crippen LogP contribution in [0.15, 0.2) is 18.2 Å². The van der Waals surface area contributed by atoms with Crippen molar-refractivity contribution in [3.8, 4) is 0 Å². The van der Waals surface area contributed by atoms with Crippen molar-refractivity contribution in [3.63, 3.8) is 0 Å². The van der Waals surface area contributed by atoms with Gasteiger partial charge in [-0.3, -0.25) is 0 Å². The van der Waals surface area contributed by atoms with Gasteiger partial charge in [-0.2, -0.15) is 11.8 Å². The van der Waals surface area contributed by atoms with Gasteiger partial charge in [-0.25, -0.2) is 0 Å². The highest BCUT2D eigenvalue weighted by atomic mass is 32.2. The second-order valence-corrected chi connectivity index (χ2v) is 7.38. The van der Waals surface area contributed by atoms with Gasteiger partial charge in [0.1, 0.15) is 4.99 Å². The molecule has 0 amide bonds. The fourth-order valence-electron chi connectivity index (χ4n) is 3.01. The molecule has 1 aromatic rings. The summed E-state index contributed by atoms with van der Waals surface area (Å²) >= 11 is 7.17. The molecule has 2 nitrogen and oxygen atoms in total. The Kier molecular flexibility index (Phi) is 5.33. The Labute approximate surface area is 131 Å². The van der Waals surface area contributed by atoms with Crippen LogP contribution in [0.5, 0.6) is 0 Å². The molecule has 0 radical (unpaired) electrons. The van der Waals surface area contributed by atoms with Gasteiger partial charge in [-0.15, -0.1) is 0 Å². The average molecular weight is 309 g/mol. The third-order valence-corrected chi connectivity index (χ3v) is 5.96. The van der Waals surface area contributed by atoms with Crippen LogP contribution >= 0.6 is 24.0 Å². The van der Waals surface area contributed by atoms with Crippen LogP contribution < -0.4 is 11.1 Å². The van der Waals surface area contributed by atoms with Crippen LogP contribution in [0.3, 0.4) is 0 Å². The molecule has 0 atom stereocenters. The fraction of sp³-hybridized carbons (Fsp3) is 0.562. The normalized spacial score (nSPS) is 17.7. The molecule has 1 fully saturated rings. The number of anilines is 1. The van der Waals surface area contributed by atoms with Crippen LogP contribution in [0, 0.1) is 6.92 Å². The van der Waals surface area contributed by atoms with E-state index in [1.807, 2.05) is 23.9 Å². The summed E-state index contributed by atoms with van der Waals surface area (Å²) in [7, 11) is 0. The van der Waals surface area contributed by atoms with Crippen LogP contribution in [0.1, 0.15) is 43.2 Å². The number of benzene rings is 1. The summed E-state index contributed by atoms with van der Waals surface area (Å²) in [4.78, 5) is 0.470. The van der Waals surface area contributed by atoms with Crippen molar-refractivity contribution in [1.29, 1.82) is 0 Å². The minimum atomic E-state index is 0.369. The minimum Gasteiger partial charge on any atom is -0.389 e. The number of thiocarbonyl (C=S) groups is 1. The molecule has 0 heterocycles. The Bertz CT molecular complexity index is 479. The number of aryl methyl sites for hydroxylation is 1. The standard InChI is InChI=1S/C16H24N2S2/c1-12-7-6-8-13(15(17)19)14(12)18-11-16(20-2)9-4-3-5-10-16/h6-8,18H,3-5,9-11H2,1-2H3,(H2,17,19). The topological polar surface area (TPSA) is 38.0 Å². The molecular weight excluding hydrogens is 284 g/mol. The summed E-state index contributed by atoms with van der Waals surface area (Å²) in [6, 6.07) is 6.13. The highest BCUT2D eigenvalue weighted by Crippen LogP contribution is 2.39. The second kappa shape index (κ2) is 6.81. The van der Waals surface area contributed by atoms with E-state index in [0.717, 1.165) is 17.8 Å². The number of rotatable bonds is 5. The number of nitrogens with two attached hydrogens (primary N) is 1. The largest absolute Gasteiger partial charge is 0.389 e. The molecule has 20 heavy (non-hydrogen) atoms. The fourth-order valence-corrected chi connectivity index (χ4v) is 4.09. The smallest absolute Gasteiger partial charge is 0.106 e. The third kappa shape index (κ3) is 3.47. The Balaban J connectivity index is 2.15. The van der Waals surface area contributed by atoms with E-state index in [9.17, 15) is 0 Å². The lowest BCUT2D eigenvalue weighted by Gasteiger charge is -2.36. The van der Waals surface area contributed by atoms with E-state index in [2.05, 4.69) is 24.6 Å². The molecule has 4 heteroatoms. The van der Waals surface area contributed by atoms with Gasteiger partial charge in [0.05, 0.1) is 0 Å². The highest BCUT2D eigenvalue weighted by Gasteiger charge is 2.31. The maximum absolute atomic E-state index is 5.84. The zero-order valence-corrected chi connectivity index (χ0v) is 14.0. The summed E-state index contributed by atoms with van der Waals surface area (Å²) in [5, 5.41) is 3.64. The molecule has 1 saturated carbocycles. The van der Waals surface area contributed by atoms with Crippen molar-refractivity contribution in [1.82, 2.24) is 0 Å². The van der Waals surface area contributed by atoms with Crippen LogP contribution in [0.2, 0.25) is 0 Å². The average Bonchev–Trinajstić information content (AvgIpc) is 2.46. The maximum Gasteiger partial charge on any atom is 0.106 e. The molecule has 0 bridgehead atoms. The minimum absolute atomic E-state index is 0.369. The summed E-state index contributed by atoms with van der Waals surface area (Å²) in [6.45, 7) is 3.10. The zero-order valence-electron chi connectivity index (χ0n) is 12.4. The summed E-state index contributed by atoms with van der Waals surface area (Å²) in [5.41, 5.74) is 9.13. The Morgan fingerprint density at radius 3 is 2.65 bits per heavy atom. The molecule has 1 aliphatic rings. The predicted molar refractivity (Wildman–Crippen MR) is 94.9 cm³/mol. The van der Waals surface area contributed by atoms with Crippen molar-refractivity contribution in [2.45, 2.75) is 43.8 Å². The summed E-state index contributed by atoms with van der Waals surface area (Å²) in [6.07, 6.45) is 8.91. The van der Waals surface area contributed by atoms with Gasteiger partial charge in [0, 0.05) is 22.5 Å². The number of thioether (sulfide) groups is 1. The molecule has 0 saturated heterocycles. The SMILES string of the molecule is CSC1(CNc2c(C)cccc2C(N)=S)CCCCC1. The van der Waals surface area contributed by atoms with Gasteiger partial charge in [0.15, 0.2) is 0 Å². The number of para-hydroxylation sites is 1. The first-order chi connectivity index (χ1) is 9.58. The van der Waals surface area contributed by atoms with E-state index in [0.29, 0.717) is 9.74 Å². The van der Waals surface area contributed by atoms with Crippen molar-refractivity contribution in [3.05, 3.63) is 29.3 Å². The van der Waals surface area contributed by atoms with Gasteiger partial charge >= 0.3 is 0 Å². The van der Waals surface area contributed by atoms with Crippen LogP contribution in [-0.4, -0.2) is 22.5 Å². The first-order valence-corrected chi connectivity index (χ1v) is 8.90. The van der Waals surface area contributed by atoms with E-state index < -0.39 is 0 Å². The second-order valence-electron chi connectivity index (χ2n) is 5.66. The maximum atomic E-state index is 5.84. The van der Waals surface area contributed by atoms with E-state index in [4.69, 9.17) is 18.0 Å². The number of hydrogen-bond acceptors (Lipinski definition) is 3. The van der Waals surface area contributed by atoms with Crippen molar-refractivity contribution >= 4 is 34.7 Å². The predicted octanol–water partition coefficient (Wildman–Crippen LogP) is 4.11. The first-order valence-electron chi connectivity index (χ1n) is 7.26. The molecule has 0 aliphatic heterocycles. The van der Waals surface area contributed by atoms with Crippen molar-refractivity contribution in [2.24, 2.45) is 5.73 Å². The molecule has 1 aromatic carbocycles. The lowest BCUT2D eigenvalue weighted by Crippen LogP contribution is -2.36. The van der Waals surface area contributed by atoms with Gasteiger partial charge in [0.2, 0.25) is 0 Å². The monoisotopic (exact) mass is 308 g/mol. The van der Waals surface area contributed by atoms with Crippen molar-refractivity contribution in [2.75, 3.05) is 18.1 Å². The summed E-state index contributed by atoms with van der Waals surface area (Å²) < 4.78 is 0.369. The summed E-state index contributed by atoms with van der Waals surface area (Å²) in [5.74, 6) is 0. The van der Waals surface area contributed by atoms with Gasteiger partial charge in [-0.05, 0) is 37.7 Å². The van der Waals surface area contributed by atoms with Gasteiger partial charge < -0.3 is 11.1 Å². The van der Waals surface area contributed by atoms with E-state index in [-0.39, 0.29) is 0 Å².